The van der Waals surface area contributed by atoms with Gasteiger partial charge in [0.2, 0.25) is 11.7 Å². The fourth-order valence-electron chi connectivity index (χ4n) is 2.34. The Morgan fingerprint density at radius 1 is 1.12 bits per heavy atom. The van der Waals surface area contributed by atoms with E-state index in [2.05, 4.69) is 32.9 Å². The largest absolute Gasteiger partial charge is 0.354 e. The highest BCUT2D eigenvalue weighted by Crippen LogP contribution is 2.14. The summed E-state index contributed by atoms with van der Waals surface area (Å²) in [6.07, 6.45) is 0. The van der Waals surface area contributed by atoms with Crippen LogP contribution in [0.25, 0.3) is 11.4 Å². The summed E-state index contributed by atoms with van der Waals surface area (Å²) >= 11 is 1.79. The normalized spacial score (nSPS) is 10.7. The molecule has 0 saturated heterocycles. The molecule has 0 atom stereocenters. The molecule has 0 unspecified atom stereocenters. The van der Waals surface area contributed by atoms with Gasteiger partial charge in [-0.1, -0.05) is 60.2 Å². The van der Waals surface area contributed by atoms with Gasteiger partial charge in [-0.05, 0) is 17.7 Å². The summed E-state index contributed by atoms with van der Waals surface area (Å²) in [6, 6.07) is 18.2. The summed E-state index contributed by atoms with van der Waals surface area (Å²) in [5, 5.41) is 15.1. The Labute approximate surface area is 157 Å². The number of hydrogen-bond acceptors (Lipinski definition) is 5. The van der Waals surface area contributed by atoms with E-state index < -0.39 is 0 Å². The van der Waals surface area contributed by atoms with Gasteiger partial charge in [-0.2, -0.15) is 16.6 Å². The molecule has 26 heavy (non-hydrogen) atoms. The number of hydrogen-bond donors (Lipinski definition) is 1. The third-order valence-electron chi connectivity index (χ3n) is 3.73. The fraction of sp³-hybridized carbons (Fsp3) is 0.263. The first-order valence-electron chi connectivity index (χ1n) is 8.44. The summed E-state index contributed by atoms with van der Waals surface area (Å²) in [5.74, 6) is 2.22. The molecular formula is C19H21N5OS. The third-order valence-corrected chi connectivity index (χ3v) is 4.76. The molecule has 0 aliphatic rings. The molecule has 6 nitrogen and oxygen atoms in total. The zero-order valence-corrected chi connectivity index (χ0v) is 15.4. The lowest BCUT2D eigenvalue weighted by Crippen LogP contribution is -2.30. The standard InChI is InChI=1S/C19H21N5OS/c1-15-7-9-17(10-8-15)19-21-23-24(22-19)13-18(25)20-11-12-26-14-16-5-3-2-4-6-16/h2-10H,11-14H2,1H3,(H,20,25). The average Bonchev–Trinajstić information content (AvgIpc) is 3.11. The lowest BCUT2D eigenvalue weighted by molar-refractivity contribution is -0.121. The van der Waals surface area contributed by atoms with Crippen LogP contribution in [0.2, 0.25) is 0 Å². The molecule has 0 spiro atoms. The molecule has 2 aromatic carbocycles. The lowest BCUT2D eigenvalue weighted by atomic mass is 10.1. The molecule has 0 aliphatic heterocycles. The SMILES string of the molecule is Cc1ccc(-c2nnn(CC(=O)NCCSCc3ccccc3)n2)cc1. The van der Waals surface area contributed by atoms with Crippen LogP contribution in [0.1, 0.15) is 11.1 Å². The second-order valence-corrected chi connectivity index (χ2v) is 7.00. The second-order valence-electron chi connectivity index (χ2n) is 5.90. The van der Waals surface area contributed by atoms with Crippen molar-refractivity contribution in [3.05, 3.63) is 65.7 Å². The van der Waals surface area contributed by atoms with Crippen LogP contribution in [0, 0.1) is 6.92 Å². The second kappa shape index (κ2) is 9.15. The maximum atomic E-state index is 12.0. The third kappa shape index (κ3) is 5.42. The number of benzene rings is 2. The van der Waals surface area contributed by atoms with Crippen molar-refractivity contribution in [1.29, 1.82) is 0 Å². The quantitative estimate of drug-likeness (QED) is 0.620. The fourth-order valence-corrected chi connectivity index (χ4v) is 3.16. The first-order valence-corrected chi connectivity index (χ1v) is 9.59. The Kier molecular flexibility index (Phi) is 6.38. The molecule has 0 bridgehead atoms. The maximum absolute atomic E-state index is 12.0. The Morgan fingerprint density at radius 3 is 2.65 bits per heavy atom. The molecule has 3 rings (SSSR count). The van der Waals surface area contributed by atoms with Crippen molar-refractivity contribution in [1.82, 2.24) is 25.5 Å². The van der Waals surface area contributed by atoms with Crippen LogP contribution in [-0.2, 0) is 17.1 Å². The van der Waals surface area contributed by atoms with Crippen LogP contribution in [0.5, 0.6) is 0 Å². The van der Waals surface area contributed by atoms with E-state index in [1.165, 1.54) is 15.9 Å². The van der Waals surface area contributed by atoms with Gasteiger partial charge in [0.15, 0.2) is 0 Å². The molecule has 1 aromatic heterocycles. The van der Waals surface area contributed by atoms with Gasteiger partial charge in [-0.25, -0.2) is 0 Å². The van der Waals surface area contributed by atoms with Gasteiger partial charge in [0.25, 0.3) is 0 Å². The van der Waals surface area contributed by atoms with Crippen molar-refractivity contribution < 1.29 is 4.79 Å². The molecule has 1 N–H and O–H groups in total. The molecule has 1 heterocycles. The van der Waals surface area contributed by atoms with Crippen LogP contribution >= 0.6 is 11.8 Å². The predicted molar refractivity (Wildman–Crippen MR) is 104 cm³/mol. The topological polar surface area (TPSA) is 72.7 Å². The van der Waals surface area contributed by atoms with E-state index in [4.69, 9.17) is 0 Å². The maximum Gasteiger partial charge on any atom is 0.243 e. The number of aromatic nitrogens is 4. The number of rotatable bonds is 8. The van der Waals surface area contributed by atoms with Gasteiger partial charge in [0.05, 0.1) is 0 Å². The number of aryl methyl sites for hydroxylation is 1. The van der Waals surface area contributed by atoms with Crippen molar-refractivity contribution in [3.8, 4) is 11.4 Å². The summed E-state index contributed by atoms with van der Waals surface area (Å²) in [6.45, 7) is 2.72. The molecule has 3 aromatic rings. The highest BCUT2D eigenvalue weighted by molar-refractivity contribution is 7.98. The summed E-state index contributed by atoms with van der Waals surface area (Å²) < 4.78 is 0. The van der Waals surface area contributed by atoms with Gasteiger partial charge in [0, 0.05) is 23.6 Å². The smallest absolute Gasteiger partial charge is 0.243 e. The minimum absolute atomic E-state index is 0.0716. The Hall–Kier alpha value is -2.67. The molecule has 0 saturated carbocycles. The van der Waals surface area contributed by atoms with E-state index in [9.17, 15) is 4.79 Å². The summed E-state index contributed by atoms with van der Waals surface area (Å²) in [5.41, 5.74) is 3.35. The van der Waals surface area contributed by atoms with E-state index >= 15 is 0 Å². The summed E-state index contributed by atoms with van der Waals surface area (Å²) in [4.78, 5) is 13.3. The van der Waals surface area contributed by atoms with E-state index in [-0.39, 0.29) is 12.5 Å². The van der Waals surface area contributed by atoms with Gasteiger partial charge in [0.1, 0.15) is 6.54 Å². The number of carbonyl (C=O) groups is 1. The van der Waals surface area contributed by atoms with Crippen molar-refractivity contribution in [3.63, 3.8) is 0 Å². The van der Waals surface area contributed by atoms with E-state index in [0.717, 1.165) is 17.1 Å². The molecule has 7 heteroatoms. The van der Waals surface area contributed by atoms with Crippen LogP contribution in [0.15, 0.2) is 54.6 Å². The number of nitrogens with one attached hydrogen (secondary N) is 1. The number of tetrazole rings is 1. The number of amides is 1. The Balaban J connectivity index is 1.39. The van der Waals surface area contributed by atoms with Gasteiger partial charge in [-0.3, -0.25) is 4.79 Å². The minimum Gasteiger partial charge on any atom is -0.354 e. The molecule has 1 amide bonds. The van der Waals surface area contributed by atoms with E-state index in [0.29, 0.717) is 12.4 Å². The van der Waals surface area contributed by atoms with Crippen LogP contribution in [0.4, 0.5) is 0 Å². The highest BCUT2D eigenvalue weighted by atomic mass is 32.2. The van der Waals surface area contributed by atoms with Crippen molar-refractivity contribution >= 4 is 17.7 Å². The zero-order chi connectivity index (χ0) is 18.2. The average molecular weight is 367 g/mol. The van der Waals surface area contributed by atoms with Crippen LogP contribution in [-0.4, -0.2) is 38.4 Å². The van der Waals surface area contributed by atoms with Crippen molar-refractivity contribution in [2.45, 2.75) is 19.2 Å². The minimum atomic E-state index is -0.113. The predicted octanol–water partition coefficient (Wildman–Crippen LogP) is 2.70. The van der Waals surface area contributed by atoms with Crippen molar-refractivity contribution in [2.24, 2.45) is 0 Å². The molecular weight excluding hydrogens is 346 g/mol. The molecule has 0 radical (unpaired) electrons. The first-order chi connectivity index (χ1) is 12.7. The van der Waals surface area contributed by atoms with Crippen LogP contribution in [0.3, 0.4) is 0 Å². The van der Waals surface area contributed by atoms with Gasteiger partial charge >= 0.3 is 0 Å². The lowest BCUT2D eigenvalue weighted by Gasteiger charge is -2.04. The van der Waals surface area contributed by atoms with Crippen molar-refractivity contribution in [2.75, 3.05) is 12.3 Å². The highest BCUT2D eigenvalue weighted by Gasteiger charge is 2.09. The Bertz CT molecular complexity index is 833. The van der Waals surface area contributed by atoms with E-state index in [1.807, 2.05) is 49.4 Å². The first kappa shape index (κ1) is 18.1. The van der Waals surface area contributed by atoms with Crippen LogP contribution < -0.4 is 5.32 Å². The van der Waals surface area contributed by atoms with E-state index in [1.54, 1.807) is 11.8 Å². The monoisotopic (exact) mass is 367 g/mol. The number of nitrogens with zero attached hydrogens (tertiary/aromatic N) is 4. The zero-order valence-electron chi connectivity index (χ0n) is 14.6. The number of carbonyl (C=O) groups excluding carboxylic acids is 1. The number of thioether (sulfide) groups is 1. The van der Waals surface area contributed by atoms with Gasteiger partial charge in [-0.15, -0.1) is 10.2 Å². The molecule has 0 aliphatic carbocycles. The summed E-state index contributed by atoms with van der Waals surface area (Å²) in [7, 11) is 0. The molecule has 0 fully saturated rings. The Morgan fingerprint density at radius 2 is 1.88 bits per heavy atom. The molecule has 134 valence electrons. The van der Waals surface area contributed by atoms with Gasteiger partial charge < -0.3 is 5.32 Å².